The van der Waals surface area contributed by atoms with E-state index in [0.29, 0.717) is 29.0 Å². The maximum atomic E-state index is 12.1. The van der Waals surface area contributed by atoms with Gasteiger partial charge in [-0.05, 0) is 24.3 Å². The van der Waals surface area contributed by atoms with Crippen LogP contribution < -0.4 is 5.63 Å². The molecule has 4 rings (SSSR count). The molecule has 0 spiro atoms. The number of rotatable bonds is 2. The number of hydrogen-bond acceptors (Lipinski definition) is 5. The highest BCUT2D eigenvalue weighted by atomic mass is 16.6. The number of hydrogen-bond donors (Lipinski definition) is 0. The van der Waals surface area contributed by atoms with Crippen LogP contribution in [0.15, 0.2) is 67.5 Å². The molecule has 3 heterocycles. The number of nitrogens with zero attached hydrogens (tertiary/aromatic N) is 1. The Morgan fingerprint density at radius 3 is 2.90 bits per heavy atom. The normalized spacial score (nSPS) is 17.7. The van der Waals surface area contributed by atoms with Crippen molar-refractivity contribution < 1.29 is 13.7 Å². The van der Waals surface area contributed by atoms with Crippen LogP contribution in [0.3, 0.4) is 0 Å². The maximum absolute atomic E-state index is 12.1. The number of furan rings is 1. The van der Waals surface area contributed by atoms with Gasteiger partial charge < -0.3 is 13.7 Å². The molecule has 21 heavy (non-hydrogen) atoms. The number of benzene rings is 1. The van der Waals surface area contributed by atoms with Crippen LogP contribution in [-0.2, 0) is 4.84 Å². The topological polar surface area (TPSA) is 64.9 Å². The molecule has 1 aliphatic rings. The number of para-hydroxylation sites is 1. The van der Waals surface area contributed by atoms with Gasteiger partial charge in [0.05, 0.1) is 17.5 Å². The first-order valence-corrected chi connectivity index (χ1v) is 6.60. The summed E-state index contributed by atoms with van der Waals surface area (Å²) in [5.74, 6) is 0.693. The summed E-state index contributed by atoms with van der Waals surface area (Å²) in [5.41, 5.74) is 1.17. The van der Waals surface area contributed by atoms with Crippen LogP contribution in [0.2, 0.25) is 0 Å². The Balaban J connectivity index is 1.71. The van der Waals surface area contributed by atoms with Gasteiger partial charge in [0.15, 0.2) is 6.10 Å². The minimum Gasteiger partial charge on any atom is -0.465 e. The first kappa shape index (κ1) is 12.0. The highest BCUT2D eigenvalue weighted by molar-refractivity contribution is 6.02. The van der Waals surface area contributed by atoms with E-state index in [-0.39, 0.29) is 6.10 Å². The molecule has 104 valence electrons. The van der Waals surface area contributed by atoms with Crippen LogP contribution in [-0.4, -0.2) is 5.71 Å². The van der Waals surface area contributed by atoms with Crippen molar-refractivity contribution in [1.29, 1.82) is 0 Å². The van der Waals surface area contributed by atoms with E-state index in [0.717, 1.165) is 5.39 Å². The lowest BCUT2D eigenvalue weighted by atomic mass is 10.0. The second-order valence-corrected chi connectivity index (χ2v) is 4.84. The summed E-state index contributed by atoms with van der Waals surface area (Å²) in [7, 11) is 0. The molecule has 0 unspecified atom stereocenters. The van der Waals surface area contributed by atoms with Crippen LogP contribution in [0.25, 0.3) is 11.0 Å². The molecule has 0 N–H and O–H groups in total. The smallest absolute Gasteiger partial charge is 0.345 e. The van der Waals surface area contributed by atoms with Gasteiger partial charge in [-0.1, -0.05) is 23.4 Å². The molecular formula is C16H11NO4. The molecule has 5 heteroatoms. The lowest BCUT2D eigenvalue weighted by Crippen LogP contribution is -2.13. The van der Waals surface area contributed by atoms with Crippen molar-refractivity contribution in [1.82, 2.24) is 0 Å². The third kappa shape index (κ3) is 2.03. The summed E-state index contributed by atoms with van der Waals surface area (Å²) in [6, 6.07) is 12.8. The summed E-state index contributed by atoms with van der Waals surface area (Å²) < 4.78 is 10.6. The zero-order valence-corrected chi connectivity index (χ0v) is 11.0. The predicted molar refractivity (Wildman–Crippen MR) is 76.2 cm³/mol. The second kappa shape index (κ2) is 4.63. The molecular weight excluding hydrogens is 270 g/mol. The third-order valence-electron chi connectivity index (χ3n) is 3.48. The van der Waals surface area contributed by atoms with E-state index in [1.165, 1.54) is 0 Å². The van der Waals surface area contributed by atoms with Gasteiger partial charge in [-0.15, -0.1) is 0 Å². The van der Waals surface area contributed by atoms with Crippen molar-refractivity contribution in [3.05, 3.63) is 70.5 Å². The summed E-state index contributed by atoms with van der Waals surface area (Å²) >= 11 is 0. The molecule has 1 aromatic carbocycles. The van der Waals surface area contributed by atoms with Gasteiger partial charge in [0.2, 0.25) is 0 Å². The Morgan fingerprint density at radius 1 is 1.14 bits per heavy atom. The Labute approximate surface area is 119 Å². The van der Waals surface area contributed by atoms with Gasteiger partial charge in [-0.25, -0.2) is 4.79 Å². The lowest BCUT2D eigenvalue weighted by Gasteiger charge is -2.03. The molecule has 0 fully saturated rings. The quantitative estimate of drug-likeness (QED) is 0.676. The largest absolute Gasteiger partial charge is 0.465 e. The zero-order valence-electron chi connectivity index (χ0n) is 11.0. The highest BCUT2D eigenvalue weighted by Gasteiger charge is 2.27. The Kier molecular flexibility index (Phi) is 2.64. The monoisotopic (exact) mass is 281 g/mol. The fourth-order valence-corrected chi connectivity index (χ4v) is 2.43. The van der Waals surface area contributed by atoms with Gasteiger partial charge in [0.25, 0.3) is 0 Å². The zero-order chi connectivity index (χ0) is 14.2. The molecule has 0 saturated carbocycles. The molecule has 5 nitrogen and oxygen atoms in total. The standard InChI is InChI=1S/C16H11NO4/c18-16-11(8-10-4-1-2-5-13(10)20-16)12-9-15(21-17-12)14-6-3-7-19-14/h1-8,15H,9H2/t15-/m1/s1. The third-order valence-corrected chi connectivity index (χ3v) is 3.48. The van der Waals surface area contributed by atoms with Gasteiger partial charge in [0, 0.05) is 11.8 Å². The highest BCUT2D eigenvalue weighted by Crippen LogP contribution is 2.29. The molecule has 0 saturated heterocycles. The van der Waals surface area contributed by atoms with Crippen molar-refractivity contribution in [3.8, 4) is 0 Å². The van der Waals surface area contributed by atoms with Gasteiger partial charge in [-0.3, -0.25) is 0 Å². The van der Waals surface area contributed by atoms with Gasteiger partial charge >= 0.3 is 5.63 Å². The summed E-state index contributed by atoms with van der Waals surface area (Å²) in [6.07, 6.45) is 1.78. The van der Waals surface area contributed by atoms with Crippen LogP contribution in [0, 0.1) is 0 Å². The van der Waals surface area contributed by atoms with Crippen molar-refractivity contribution in [2.75, 3.05) is 0 Å². The van der Waals surface area contributed by atoms with Gasteiger partial charge in [-0.2, -0.15) is 0 Å². The summed E-state index contributed by atoms with van der Waals surface area (Å²) in [6.45, 7) is 0. The molecule has 1 aliphatic heterocycles. The fraction of sp³-hybridized carbons (Fsp3) is 0.125. The summed E-state index contributed by atoms with van der Waals surface area (Å²) in [5, 5.41) is 4.87. The van der Waals surface area contributed by atoms with E-state index in [1.54, 1.807) is 24.5 Å². The van der Waals surface area contributed by atoms with Crippen molar-refractivity contribution >= 4 is 16.7 Å². The van der Waals surface area contributed by atoms with E-state index in [9.17, 15) is 4.79 Å². The van der Waals surface area contributed by atoms with Crippen LogP contribution in [0.1, 0.15) is 23.8 Å². The maximum Gasteiger partial charge on any atom is 0.345 e. The SMILES string of the molecule is O=c1oc2ccccc2cc1C1=NO[C@@H](c2ccco2)C1. The number of oxime groups is 1. The van der Waals surface area contributed by atoms with E-state index >= 15 is 0 Å². The molecule has 1 atom stereocenters. The molecule has 0 radical (unpaired) electrons. The van der Waals surface area contributed by atoms with Crippen molar-refractivity contribution in [2.45, 2.75) is 12.5 Å². The molecule has 0 aliphatic carbocycles. The lowest BCUT2D eigenvalue weighted by molar-refractivity contribution is 0.0689. The minimum atomic E-state index is -0.406. The average Bonchev–Trinajstić information content (AvgIpc) is 3.17. The minimum absolute atomic E-state index is 0.291. The van der Waals surface area contributed by atoms with Gasteiger partial charge in [0.1, 0.15) is 11.3 Å². The molecule has 3 aromatic rings. The predicted octanol–water partition coefficient (Wildman–Crippen LogP) is 3.25. The molecule has 0 bridgehead atoms. The summed E-state index contributed by atoms with van der Waals surface area (Å²) in [4.78, 5) is 17.4. The first-order valence-electron chi connectivity index (χ1n) is 6.60. The van der Waals surface area contributed by atoms with E-state index in [4.69, 9.17) is 13.7 Å². The Morgan fingerprint density at radius 2 is 2.05 bits per heavy atom. The van der Waals surface area contributed by atoms with Crippen LogP contribution in [0.5, 0.6) is 0 Å². The first-order chi connectivity index (χ1) is 10.3. The molecule has 2 aromatic heterocycles. The van der Waals surface area contributed by atoms with E-state index in [2.05, 4.69) is 5.16 Å². The van der Waals surface area contributed by atoms with E-state index in [1.807, 2.05) is 24.3 Å². The van der Waals surface area contributed by atoms with Crippen molar-refractivity contribution in [3.63, 3.8) is 0 Å². The second-order valence-electron chi connectivity index (χ2n) is 4.84. The van der Waals surface area contributed by atoms with Crippen LogP contribution >= 0.6 is 0 Å². The van der Waals surface area contributed by atoms with E-state index < -0.39 is 5.63 Å². The van der Waals surface area contributed by atoms with Crippen LogP contribution in [0.4, 0.5) is 0 Å². The molecule has 0 amide bonds. The Bertz CT molecular complexity index is 877. The fourth-order valence-electron chi connectivity index (χ4n) is 2.43. The Hall–Kier alpha value is -2.82. The van der Waals surface area contributed by atoms with Crippen molar-refractivity contribution in [2.24, 2.45) is 5.16 Å². The number of fused-ring (bicyclic) bond motifs is 1. The average molecular weight is 281 g/mol.